The summed E-state index contributed by atoms with van der Waals surface area (Å²) in [6, 6.07) is 1.37. The number of carbonyl (C=O) groups is 1. The lowest BCUT2D eigenvalue weighted by molar-refractivity contribution is -0.132. The Bertz CT molecular complexity index is 453. The van der Waals surface area contributed by atoms with Crippen LogP contribution in [-0.4, -0.2) is 26.8 Å². The molecule has 80 valence electrons. The lowest BCUT2D eigenvalue weighted by atomic mass is 10.4. The number of carboxylic acids is 1. The van der Waals surface area contributed by atoms with Crippen LogP contribution in [0.5, 0.6) is 0 Å². The first-order valence-electron chi connectivity index (χ1n) is 4.11. The standard InChI is InChI=1S/C9H10N2O3S/c1-5(8(13)14)4-15-9-10-6(2)3-7(12)11-9/h3H,1,4H2,2H3,(H,13,14)(H,10,11,12). The number of aromatic amines is 1. The highest BCUT2D eigenvalue weighted by Crippen LogP contribution is 2.14. The van der Waals surface area contributed by atoms with Crippen molar-refractivity contribution in [2.24, 2.45) is 0 Å². The molecule has 2 N–H and O–H groups in total. The zero-order valence-electron chi connectivity index (χ0n) is 8.11. The zero-order valence-corrected chi connectivity index (χ0v) is 8.93. The second-order valence-corrected chi connectivity index (χ2v) is 3.85. The fourth-order valence-corrected chi connectivity index (χ4v) is 1.65. The van der Waals surface area contributed by atoms with Crippen molar-refractivity contribution in [3.05, 3.63) is 34.3 Å². The Morgan fingerprint density at radius 3 is 2.93 bits per heavy atom. The van der Waals surface area contributed by atoms with Crippen molar-refractivity contribution in [3.63, 3.8) is 0 Å². The Kier molecular flexibility index (Phi) is 3.68. The van der Waals surface area contributed by atoms with E-state index in [2.05, 4.69) is 16.5 Å². The fraction of sp³-hybridized carbons (Fsp3) is 0.222. The van der Waals surface area contributed by atoms with Crippen LogP contribution in [0, 0.1) is 6.92 Å². The molecule has 0 unspecified atom stereocenters. The second-order valence-electron chi connectivity index (χ2n) is 2.89. The molecule has 1 aromatic heterocycles. The van der Waals surface area contributed by atoms with E-state index in [1.807, 2.05) is 0 Å². The number of aliphatic carboxylic acids is 1. The summed E-state index contributed by atoms with van der Waals surface area (Å²) in [7, 11) is 0. The SMILES string of the molecule is C=C(CSc1nc(C)cc(=O)[nH]1)C(=O)O. The molecule has 0 amide bonds. The average Bonchev–Trinajstić information content (AvgIpc) is 2.12. The minimum Gasteiger partial charge on any atom is -0.478 e. The second kappa shape index (κ2) is 4.79. The van der Waals surface area contributed by atoms with Crippen molar-refractivity contribution in [1.82, 2.24) is 9.97 Å². The highest BCUT2D eigenvalue weighted by Gasteiger charge is 2.06. The van der Waals surface area contributed by atoms with Gasteiger partial charge >= 0.3 is 5.97 Å². The Labute approximate surface area is 90.2 Å². The van der Waals surface area contributed by atoms with Crippen molar-refractivity contribution in [2.75, 3.05) is 5.75 Å². The summed E-state index contributed by atoms with van der Waals surface area (Å²) in [5.41, 5.74) is 0.428. The van der Waals surface area contributed by atoms with Gasteiger partial charge < -0.3 is 10.1 Å². The summed E-state index contributed by atoms with van der Waals surface area (Å²) in [4.78, 5) is 28.0. The van der Waals surface area contributed by atoms with E-state index in [-0.39, 0.29) is 16.9 Å². The summed E-state index contributed by atoms with van der Waals surface area (Å²) in [6.07, 6.45) is 0. The molecule has 6 heteroatoms. The van der Waals surface area contributed by atoms with Gasteiger partial charge in [0.15, 0.2) is 5.16 Å². The molecule has 1 aromatic rings. The van der Waals surface area contributed by atoms with Crippen molar-refractivity contribution >= 4 is 17.7 Å². The summed E-state index contributed by atoms with van der Waals surface area (Å²) >= 11 is 1.14. The smallest absolute Gasteiger partial charge is 0.331 e. The van der Waals surface area contributed by atoms with Crippen LogP contribution in [0.1, 0.15) is 5.69 Å². The number of rotatable bonds is 4. The Morgan fingerprint density at radius 2 is 2.40 bits per heavy atom. The molecule has 1 heterocycles. The minimum absolute atomic E-state index is 0.0733. The van der Waals surface area contributed by atoms with Crippen molar-refractivity contribution in [1.29, 1.82) is 0 Å². The number of thioether (sulfide) groups is 1. The van der Waals surface area contributed by atoms with Crippen LogP contribution in [0.3, 0.4) is 0 Å². The molecule has 0 spiro atoms. The van der Waals surface area contributed by atoms with Crippen LogP contribution in [0.2, 0.25) is 0 Å². The first kappa shape index (κ1) is 11.5. The van der Waals surface area contributed by atoms with Gasteiger partial charge in [0.1, 0.15) is 0 Å². The maximum absolute atomic E-state index is 11.0. The quantitative estimate of drug-likeness (QED) is 0.451. The molecule has 0 radical (unpaired) electrons. The summed E-state index contributed by atoms with van der Waals surface area (Å²) < 4.78 is 0. The van der Waals surface area contributed by atoms with Gasteiger partial charge in [-0.1, -0.05) is 18.3 Å². The van der Waals surface area contributed by atoms with Gasteiger partial charge in [0.05, 0.1) is 0 Å². The van der Waals surface area contributed by atoms with Gasteiger partial charge in [-0.15, -0.1) is 0 Å². The number of nitrogens with zero attached hydrogens (tertiary/aromatic N) is 1. The van der Waals surface area contributed by atoms with Gasteiger partial charge in [0, 0.05) is 23.1 Å². The van der Waals surface area contributed by atoms with Gasteiger partial charge in [-0.2, -0.15) is 0 Å². The molecule has 0 aliphatic heterocycles. The van der Waals surface area contributed by atoms with Crippen LogP contribution in [0.15, 0.2) is 28.2 Å². The molecular formula is C9H10N2O3S. The summed E-state index contributed by atoms with van der Waals surface area (Å²) in [6.45, 7) is 5.07. The Morgan fingerprint density at radius 1 is 1.73 bits per heavy atom. The lowest BCUT2D eigenvalue weighted by Gasteiger charge is -2.00. The zero-order chi connectivity index (χ0) is 11.4. The van der Waals surface area contributed by atoms with Gasteiger partial charge in [-0.05, 0) is 6.92 Å². The predicted molar refractivity (Wildman–Crippen MR) is 57.1 cm³/mol. The number of carboxylic acid groups (broad SMARTS) is 1. The van der Waals surface area contributed by atoms with Gasteiger partial charge in [-0.3, -0.25) is 4.79 Å². The molecule has 1 rings (SSSR count). The van der Waals surface area contributed by atoms with Crippen molar-refractivity contribution in [3.8, 4) is 0 Å². The summed E-state index contributed by atoms with van der Waals surface area (Å²) in [5, 5.41) is 8.97. The molecule has 15 heavy (non-hydrogen) atoms. The number of aromatic nitrogens is 2. The van der Waals surface area contributed by atoms with E-state index in [1.165, 1.54) is 6.07 Å². The maximum atomic E-state index is 11.0. The molecule has 0 atom stereocenters. The highest BCUT2D eigenvalue weighted by atomic mass is 32.2. The number of aryl methyl sites for hydroxylation is 1. The molecule has 5 nitrogen and oxygen atoms in total. The normalized spacial score (nSPS) is 9.93. The van der Waals surface area contributed by atoms with E-state index >= 15 is 0 Å². The van der Waals surface area contributed by atoms with Crippen LogP contribution in [0.4, 0.5) is 0 Å². The summed E-state index contributed by atoms with van der Waals surface area (Å²) in [5.74, 6) is -0.848. The fourth-order valence-electron chi connectivity index (χ4n) is 0.837. The van der Waals surface area contributed by atoms with Crippen LogP contribution >= 0.6 is 11.8 Å². The van der Waals surface area contributed by atoms with Gasteiger partial charge in [0.2, 0.25) is 0 Å². The van der Waals surface area contributed by atoms with E-state index in [9.17, 15) is 9.59 Å². The van der Waals surface area contributed by atoms with Crippen LogP contribution < -0.4 is 5.56 Å². The van der Waals surface area contributed by atoms with Crippen LogP contribution in [0.25, 0.3) is 0 Å². The Balaban J connectivity index is 2.70. The third kappa shape index (κ3) is 3.59. The number of hydrogen-bond donors (Lipinski definition) is 2. The highest BCUT2D eigenvalue weighted by molar-refractivity contribution is 7.99. The molecule has 0 saturated carbocycles. The van der Waals surface area contributed by atoms with Crippen molar-refractivity contribution < 1.29 is 9.90 Å². The predicted octanol–water partition coefficient (Wildman–Crippen LogP) is 0.811. The van der Waals surface area contributed by atoms with Gasteiger partial charge in [0.25, 0.3) is 5.56 Å². The third-order valence-corrected chi connectivity index (χ3v) is 2.49. The topological polar surface area (TPSA) is 83.0 Å². The largest absolute Gasteiger partial charge is 0.478 e. The van der Waals surface area contributed by atoms with E-state index in [0.717, 1.165) is 11.8 Å². The Hall–Kier alpha value is -1.56. The number of nitrogens with one attached hydrogen (secondary N) is 1. The average molecular weight is 226 g/mol. The number of hydrogen-bond acceptors (Lipinski definition) is 4. The molecule has 0 fully saturated rings. The van der Waals surface area contributed by atoms with E-state index < -0.39 is 5.97 Å². The van der Waals surface area contributed by atoms with Gasteiger partial charge in [-0.25, -0.2) is 9.78 Å². The lowest BCUT2D eigenvalue weighted by Crippen LogP contribution is -2.09. The van der Waals surface area contributed by atoms with Crippen LogP contribution in [-0.2, 0) is 4.79 Å². The first-order chi connectivity index (χ1) is 6.99. The third-order valence-electron chi connectivity index (χ3n) is 1.53. The van der Waals surface area contributed by atoms with E-state index in [1.54, 1.807) is 6.92 Å². The molecule has 0 bridgehead atoms. The monoisotopic (exact) mass is 226 g/mol. The minimum atomic E-state index is -1.04. The van der Waals surface area contributed by atoms with Crippen molar-refractivity contribution in [2.45, 2.75) is 12.1 Å². The van der Waals surface area contributed by atoms with E-state index in [0.29, 0.717) is 10.9 Å². The molecule has 0 aliphatic rings. The molecule has 0 aromatic carbocycles. The molecule has 0 saturated heterocycles. The molecule has 0 aliphatic carbocycles. The number of H-pyrrole nitrogens is 1. The first-order valence-corrected chi connectivity index (χ1v) is 5.09. The van der Waals surface area contributed by atoms with E-state index in [4.69, 9.17) is 5.11 Å². The maximum Gasteiger partial charge on any atom is 0.331 e. The molecular weight excluding hydrogens is 216 g/mol.